The summed E-state index contributed by atoms with van der Waals surface area (Å²) < 4.78 is 14.2. The molecule has 2 aliphatic heterocycles. The van der Waals surface area contributed by atoms with Gasteiger partial charge in [0.1, 0.15) is 0 Å². The highest BCUT2D eigenvalue weighted by molar-refractivity contribution is 6.61. The Hall–Kier alpha value is -0.885. The Labute approximate surface area is 159 Å². The third kappa shape index (κ3) is 4.16. The van der Waals surface area contributed by atoms with Gasteiger partial charge in [-0.15, -0.1) is 0 Å². The van der Waals surface area contributed by atoms with E-state index in [1.54, 1.807) is 0 Å². The average molecular weight is 362 g/mol. The molecular formula is C19H35BN4O2. The topological polar surface area (TPSA) is 42.8 Å². The van der Waals surface area contributed by atoms with Crippen LogP contribution >= 0.6 is 0 Å². The maximum atomic E-state index is 6.11. The third-order valence-corrected chi connectivity index (χ3v) is 6.14. The first-order chi connectivity index (χ1) is 12.0. The van der Waals surface area contributed by atoms with E-state index < -0.39 is 0 Å². The highest BCUT2D eigenvalue weighted by atomic mass is 16.7. The summed E-state index contributed by atoms with van der Waals surface area (Å²) in [6.07, 6.45) is 3.94. The molecule has 3 heterocycles. The molecule has 0 aliphatic carbocycles. The van der Waals surface area contributed by atoms with E-state index in [-0.39, 0.29) is 23.9 Å². The largest absolute Gasteiger partial charge is 0.498 e. The first-order valence-electron chi connectivity index (χ1n) is 9.83. The lowest BCUT2D eigenvalue weighted by Crippen LogP contribution is -2.53. The molecule has 3 rings (SSSR count). The zero-order chi connectivity index (χ0) is 19.2. The van der Waals surface area contributed by atoms with Crippen LogP contribution in [0.2, 0.25) is 0 Å². The highest BCUT2D eigenvalue weighted by Gasteiger charge is 2.52. The van der Waals surface area contributed by atoms with Gasteiger partial charge in [0.25, 0.3) is 0 Å². The Kier molecular flexibility index (Phi) is 5.30. The summed E-state index contributed by atoms with van der Waals surface area (Å²) in [6, 6.07) is 0. The monoisotopic (exact) mass is 362 g/mol. The van der Waals surface area contributed by atoms with Gasteiger partial charge in [0.15, 0.2) is 0 Å². The van der Waals surface area contributed by atoms with Crippen molar-refractivity contribution in [2.45, 2.75) is 71.8 Å². The van der Waals surface area contributed by atoms with E-state index in [4.69, 9.17) is 9.31 Å². The van der Waals surface area contributed by atoms with E-state index in [1.807, 2.05) is 10.9 Å². The summed E-state index contributed by atoms with van der Waals surface area (Å²) in [5, 5.41) is 4.51. The first kappa shape index (κ1) is 19.9. The molecule has 0 aromatic carbocycles. The number of hydrogen-bond donors (Lipinski definition) is 0. The summed E-state index contributed by atoms with van der Waals surface area (Å²) in [5.41, 5.74) is 0.645. The fourth-order valence-electron chi connectivity index (χ4n) is 3.49. The maximum absolute atomic E-state index is 6.11. The summed E-state index contributed by atoms with van der Waals surface area (Å²) in [5.74, 6) is 0. The molecule has 6 nitrogen and oxygen atoms in total. The summed E-state index contributed by atoms with van der Waals surface area (Å²) in [6.45, 7) is 21.7. The Balaban J connectivity index is 1.50. The van der Waals surface area contributed by atoms with Crippen molar-refractivity contribution in [3.05, 3.63) is 12.4 Å². The first-order valence-corrected chi connectivity index (χ1v) is 9.83. The minimum Gasteiger partial charge on any atom is -0.399 e. The Bertz CT molecular complexity index is 599. The van der Waals surface area contributed by atoms with Crippen LogP contribution in [0.25, 0.3) is 0 Å². The van der Waals surface area contributed by atoms with Crippen molar-refractivity contribution in [1.82, 2.24) is 19.6 Å². The van der Waals surface area contributed by atoms with E-state index in [0.29, 0.717) is 0 Å². The zero-order valence-corrected chi connectivity index (χ0v) is 17.6. The Morgan fingerprint density at radius 3 is 2.12 bits per heavy atom. The predicted octanol–water partition coefficient (Wildman–Crippen LogP) is 1.60. The Morgan fingerprint density at radius 1 is 1.00 bits per heavy atom. The van der Waals surface area contributed by atoms with Crippen LogP contribution in [-0.4, -0.2) is 76.2 Å². The van der Waals surface area contributed by atoms with Crippen molar-refractivity contribution in [3.8, 4) is 0 Å². The minimum absolute atomic E-state index is 0.270. The lowest BCUT2D eigenvalue weighted by atomic mass is 9.82. The van der Waals surface area contributed by atoms with Crippen LogP contribution in [-0.2, 0) is 15.9 Å². The van der Waals surface area contributed by atoms with Gasteiger partial charge in [-0.2, -0.15) is 5.10 Å². The van der Waals surface area contributed by atoms with Crippen molar-refractivity contribution < 1.29 is 9.31 Å². The molecule has 1 aromatic rings. The van der Waals surface area contributed by atoms with E-state index in [0.717, 1.165) is 44.7 Å². The second-order valence-corrected chi connectivity index (χ2v) is 9.62. The summed E-state index contributed by atoms with van der Waals surface area (Å²) in [4.78, 5) is 5.09. The summed E-state index contributed by atoms with van der Waals surface area (Å²) in [7, 11) is -0.330. The van der Waals surface area contributed by atoms with E-state index in [9.17, 15) is 0 Å². The smallest absolute Gasteiger partial charge is 0.399 e. The number of hydrogen-bond acceptors (Lipinski definition) is 5. The number of aromatic nitrogens is 2. The van der Waals surface area contributed by atoms with Crippen LogP contribution < -0.4 is 5.46 Å². The lowest BCUT2D eigenvalue weighted by molar-refractivity contribution is 0.00578. The predicted molar refractivity (Wildman–Crippen MR) is 106 cm³/mol. The molecule has 2 aliphatic rings. The van der Waals surface area contributed by atoms with Crippen molar-refractivity contribution in [1.29, 1.82) is 0 Å². The molecule has 146 valence electrons. The van der Waals surface area contributed by atoms with Gasteiger partial charge in [-0.1, -0.05) is 0 Å². The van der Waals surface area contributed by atoms with Gasteiger partial charge in [0.05, 0.1) is 17.7 Å². The molecule has 7 heteroatoms. The van der Waals surface area contributed by atoms with Gasteiger partial charge in [0.2, 0.25) is 0 Å². The van der Waals surface area contributed by atoms with Gasteiger partial charge in [-0.05, 0) is 48.5 Å². The fourth-order valence-corrected chi connectivity index (χ4v) is 3.49. The third-order valence-electron chi connectivity index (χ3n) is 6.14. The molecule has 2 saturated heterocycles. The SMILES string of the molecule is CC(C)(C)N1CCN(CCn2cc(B3OC(C)(C)C(C)(C)O3)cn2)CC1. The number of nitrogens with zero attached hydrogens (tertiary/aromatic N) is 4. The van der Waals surface area contributed by atoms with E-state index in [2.05, 4.69) is 69.6 Å². The number of piperazine rings is 1. The van der Waals surface area contributed by atoms with Crippen molar-refractivity contribution in [2.24, 2.45) is 0 Å². The molecule has 1 aromatic heterocycles. The lowest BCUT2D eigenvalue weighted by Gasteiger charge is -2.42. The van der Waals surface area contributed by atoms with Crippen LogP contribution in [0.1, 0.15) is 48.5 Å². The second-order valence-electron chi connectivity index (χ2n) is 9.62. The molecule has 0 N–H and O–H groups in total. The normalized spacial score (nSPS) is 24.3. The second kappa shape index (κ2) is 6.93. The van der Waals surface area contributed by atoms with Crippen LogP contribution in [0.4, 0.5) is 0 Å². The molecular weight excluding hydrogens is 327 g/mol. The van der Waals surface area contributed by atoms with Crippen LogP contribution in [0, 0.1) is 0 Å². The average Bonchev–Trinajstić information content (AvgIpc) is 3.07. The molecule has 0 atom stereocenters. The van der Waals surface area contributed by atoms with E-state index in [1.165, 1.54) is 0 Å². The van der Waals surface area contributed by atoms with Gasteiger partial charge in [0, 0.05) is 56.1 Å². The molecule has 0 spiro atoms. The van der Waals surface area contributed by atoms with Gasteiger partial charge in [-0.25, -0.2) is 0 Å². The summed E-state index contributed by atoms with van der Waals surface area (Å²) >= 11 is 0. The maximum Gasteiger partial charge on any atom is 0.498 e. The van der Waals surface area contributed by atoms with Crippen LogP contribution in [0.15, 0.2) is 12.4 Å². The van der Waals surface area contributed by atoms with Gasteiger partial charge < -0.3 is 9.31 Å². The minimum atomic E-state index is -0.330. The van der Waals surface area contributed by atoms with Gasteiger partial charge >= 0.3 is 7.12 Å². The molecule has 0 radical (unpaired) electrons. The molecule has 0 bridgehead atoms. The number of rotatable bonds is 4. The Morgan fingerprint density at radius 2 is 1.58 bits per heavy atom. The van der Waals surface area contributed by atoms with Crippen molar-refractivity contribution in [3.63, 3.8) is 0 Å². The molecule has 0 unspecified atom stereocenters. The zero-order valence-electron chi connectivity index (χ0n) is 17.6. The molecule has 0 saturated carbocycles. The standard InChI is InChI=1S/C19H35BN4O2/c1-17(2,3)23-11-8-22(9-12-23)10-13-24-15-16(14-21-24)20-25-18(4,5)19(6,7)26-20/h14-15H,8-13H2,1-7H3. The molecule has 2 fully saturated rings. The fraction of sp³-hybridized carbons (Fsp3) is 0.842. The van der Waals surface area contributed by atoms with E-state index >= 15 is 0 Å². The molecule has 26 heavy (non-hydrogen) atoms. The van der Waals surface area contributed by atoms with Gasteiger partial charge in [-0.3, -0.25) is 14.5 Å². The van der Waals surface area contributed by atoms with Crippen LogP contribution in [0.3, 0.4) is 0 Å². The quantitative estimate of drug-likeness (QED) is 0.762. The molecule has 0 amide bonds. The van der Waals surface area contributed by atoms with Crippen molar-refractivity contribution in [2.75, 3.05) is 32.7 Å². The van der Waals surface area contributed by atoms with Crippen molar-refractivity contribution >= 4 is 12.6 Å². The highest BCUT2D eigenvalue weighted by Crippen LogP contribution is 2.36. The van der Waals surface area contributed by atoms with Crippen LogP contribution in [0.5, 0.6) is 0 Å².